The lowest BCUT2D eigenvalue weighted by Gasteiger charge is -2.26. The fourth-order valence-corrected chi connectivity index (χ4v) is 5.16. The van der Waals surface area contributed by atoms with E-state index in [4.69, 9.17) is 0 Å². The zero-order valence-corrected chi connectivity index (χ0v) is 24.4. The Morgan fingerprint density at radius 2 is 1.60 bits per heavy atom. The van der Waals surface area contributed by atoms with Gasteiger partial charge < -0.3 is 26.0 Å². The van der Waals surface area contributed by atoms with Gasteiger partial charge in [0.2, 0.25) is 5.91 Å². The van der Waals surface area contributed by atoms with Crippen LogP contribution in [-0.2, 0) is 30.1 Å². The average molecular weight is 637 g/mol. The Morgan fingerprint density at radius 1 is 0.933 bits per heavy atom. The van der Waals surface area contributed by atoms with E-state index >= 15 is 0 Å². The number of carbonyl (C=O) groups is 2. The molecule has 4 rings (SSSR count). The highest BCUT2D eigenvalue weighted by Crippen LogP contribution is 2.36. The number of hydrogen-bond donors (Lipinski definition) is 4. The number of anilines is 2. The number of amides is 2. The van der Waals surface area contributed by atoms with Crippen LogP contribution in [0.15, 0.2) is 66.7 Å². The average Bonchev–Trinajstić information content (AvgIpc) is 3.42. The number of nitrogens with one attached hydrogen (secondary N) is 3. The van der Waals surface area contributed by atoms with Crippen molar-refractivity contribution in [3.63, 3.8) is 0 Å². The van der Waals surface area contributed by atoms with E-state index in [-0.39, 0.29) is 36.1 Å². The molecular weight excluding hydrogens is 602 g/mol. The monoisotopic (exact) mass is 636 g/mol. The first-order valence-corrected chi connectivity index (χ1v) is 14.5. The molecule has 0 bridgehead atoms. The van der Waals surface area contributed by atoms with E-state index in [0.717, 1.165) is 5.56 Å². The standard InChI is InChI=1S/C32H34F6N4O3/c1-2-40-25-14-22(15-26(17-25)42-10-6-9-29(42)44)30(45)41-27(13-20-7-4-3-5-8-20)28(43)19-39-18-21-11-23(31(33,34)35)16-24(12-21)32(36,37)38/h3-5,7-8,11-12,14-17,27-28,39-40,43H,2,6,9-10,13,18-19H2,1H3,(H,41,45)/t27-,28-/m0/s1. The smallest absolute Gasteiger partial charge is 0.390 e. The summed E-state index contributed by atoms with van der Waals surface area (Å²) in [5, 5.41) is 19.8. The van der Waals surface area contributed by atoms with Crippen LogP contribution in [0.1, 0.15) is 52.4 Å². The zero-order chi connectivity index (χ0) is 32.8. The van der Waals surface area contributed by atoms with Crippen molar-refractivity contribution in [1.82, 2.24) is 10.6 Å². The van der Waals surface area contributed by atoms with Crippen molar-refractivity contribution in [3.8, 4) is 0 Å². The van der Waals surface area contributed by atoms with Gasteiger partial charge in [-0.15, -0.1) is 0 Å². The first kappa shape index (κ1) is 33.8. The highest BCUT2D eigenvalue weighted by Gasteiger charge is 2.37. The van der Waals surface area contributed by atoms with Crippen molar-refractivity contribution in [2.45, 2.75) is 57.2 Å². The molecule has 0 spiro atoms. The third kappa shape index (κ3) is 9.21. The predicted molar refractivity (Wildman–Crippen MR) is 158 cm³/mol. The molecule has 4 N–H and O–H groups in total. The van der Waals surface area contributed by atoms with E-state index in [9.17, 15) is 41.0 Å². The molecule has 2 atom stereocenters. The lowest BCUT2D eigenvalue weighted by atomic mass is 10.00. The number of aliphatic hydroxyl groups excluding tert-OH is 1. The largest absolute Gasteiger partial charge is 0.416 e. The van der Waals surface area contributed by atoms with Crippen molar-refractivity contribution < 1.29 is 41.0 Å². The van der Waals surface area contributed by atoms with Crippen LogP contribution in [0.25, 0.3) is 0 Å². The van der Waals surface area contributed by atoms with Crippen LogP contribution < -0.4 is 20.9 Å². The van der Waals surface area contributed by atoms with E-state index in [2.05, 4.69) is 16.0 Å². The molecule has 0 saturated carbocycles. The summed E-state index contributed by atoms with van der Waals surface area (Å²) < 4.78 is 79.6. The third-order valence-corrected chi connectivity index (χ3v) is 7.36. The molecule has 242 valence electrons. The molecule has 1 heterocycles. The number of halogens is 6. The van der Waals surface area contributed by atoms with Crippen LogP contribution in [0, 0.1) is 0 Å². The molecule has 7 nitrogen and oxygen atoms in total. The Morgan fingerprint density at radius 3 is 2.18 bits per heavy atom. The molecule has 0 radical (unpaired) electrons. The van der Waals surface area contributed by atoms with Gasteiger partial charge in [-0.05, 0) is 67.3 Å². The second kappa shape index (κ2) is 14.3. The number of alkyl halides is 6. The quantitative estimate of drug-likeness (QED) is 0.190. The van der Waals surface area contributed by atoms with Crippen molar-refractivity contribution in [2.24, 2.45) is 0 Å². The van der Waals surface area contributed by atoms with Crippen LogP contribution in [0.4, 0.5) is 37.7 Å². The van der Waals surface area contributed by atoms with Crippen molar-refractivity contribution >= 4 is 23.2 Å². The van der Waals surface area contributed by atoms with E-state index in [0.29, 0.717) is 49.4 Å². The molecule has 1 saturated heterocycles. The van der Waals surface area contributed by atoms with Gasteiger partial charge in [-0.25, -0.2) is 0 Å². The molecule has 0 aliphatic carbocycles. The van der Waals surface area contributed by atoms with Crippen molar-refractivity contribution in [3.05, 3.63) is 94.5 Å². The van der Waals surface area contributed by atoms with Gasteiger partial charge in [0.05, 0.1) is 23.3 Å². The predicted octanol–water partition coefficient (Wildman–Crippen LogP) is 5.77. The second-order valence-corrected chi connectivity index (χ2v) is 10.8. The lowest BCUT2D eigenvalue weighted by Crippen LogP contribution is -2.48. The van der Waals surface area contributed by atoms with Crippen LogP contribution in [0.3, 0.4) is 0 Å². The molecule has 3 aromatic carbocycles. The van der Waals surface area contributed by atoms with Gasteiger partial charge in [0.25, 0.3) is 5.91 Å². The summed E-state index contributed by atoms with van der Waals surface area (Å²) >= 11 is 0. The number of rotatable bonds is 12. The second-order valence-electron chi connectivity index (χ2n) is 10.8. The van der Waals surface area contributed by atoms with Gasteiger partial charge in [-0.1, -0.05) is 30.3 Å². The van der Waals surface area contributed by atoms with Gasteiger partial charge in [-0.2, -0.15) is 26.3 Å². The zero-order valence-electron chi connectivity index (χ0n) is 24.4. The van der Waals surface area contributed by atoms with Crippen LogP contribution in [0.5, 0.6) is 0 Å². The van der Waals surface area contributed by atoms with Crippen molar-refractivity contribution in [1.29, 1.82) is 0 Å². The minimum absolute atomic E-state index is 0.0541. The molecular formula is C32H34F6N4O3. The van der Waals surface area contributed by atoms with Gasteiger partial charge in [-0.3, -0.25) is 9.59 Å². The summed E-state index contributed by atoms with van der Waals surface area (Å²) in [4.78, 5) is 27.5. The summed E-state index contributed by atoms with van der Waals surface area (Å²) in [5.41, 5.74) is -0.929. The first-order chi connectivity index (χ1) is 21.2. The Bertz CT molecular complexity index is 1450. The molecule has 0 unspecified atom stereocenters. The molecule has 2 amide bonds. The molecule has 13 heteroatoms. The number of nitrogens with zero attached hydrogens (tertiary/aromatic N) is 1. The van der Waals surface area contributed by atoms with E-state index < -0.39 is 48.1 Å². The minimum atomic E-state index is -4.98. The number of hydrogen-bond acceptors (Lipinski definition) is 5. The fourth-order valence-electron chi connectivity index (χ4n) is 5.16. The Labute approximate surface area is 256 Å². The van der Waals surface area contributed by atoms with Crippen LogP contribution in [0.2, 0.25) is 0 Å². The van der Waals surface area contributed by atoms with E-state index in [1.54, 1.807) is 53.4 Å². The van der Waals surface area contributed by atoms with E-state index in [1.807, 2.05) is 6.92 Å². The molecule has 1 aliphatic rings. The summed E-state index contributed by atoms with van der Waals surface area (Å²) in [6.07, 6.45) is -9.95. The molecule has 0 aromatic heterocycles. The Kier molecular flexibility index (Phi) is 10.8. The van der Waals surface area contributed by atoms with Gasteiger partial charge in [0.15, 0.2) is 0 Å². The summed E-state index contributed by atoms with van der Waals surface area (Å²) in [7, 11) is 0. The number of aliphatic hydroxyl groups is 1. The topological polar surface area (TPSA) is 93.7 Å². The lowest BCUT2D eigenvalue weighted by molar-refractivity contribution is -0.143. The molecule has 45 heavy (non-hydrogen) atoms. The molecule has 1 fully saturated rings. The molecule has 1 aliphatic heterocycles. The van der Waals surface area contributed by atoms with Gasteiger partial charge in [0, 0.05) is 49.5 Å². The first-order valence-electron chi connectivity index (χ1n) is 14.5. The SMILES string of the molecule is CCNc1cc(C(=O)N[C@@H](Cc2ccccc2)[C@@H](O)CNCc2cc(C(F)(F)F)cc(C(F)(F)F)c2)cc(N2CCCC2=O)c1. The van der Waals surface area contributed by atoms with Gasteiger partial charge >= 0.3 is 12.4 Å². The van der Waals surface area contributed by atoms with Crippen LogP contribution >= 0.6 is 0 Å². The maximum absolute atomic E-state index is 13.5. The van der Waals surface area contributed by atoms with E-state index in [1.165, 1.54) is 0 Å². The number of carbonyl (C=O) groups excluding carboxylic acids is 2. The maximum atomic E-state index is 13.5. The Hall–Kier alpha value is -4.10. The fraction of sp³-hybridized carbons (Fsp3) is 0.375. The third-order valence-electron chi connectivity index (χ3n) is 7.36. The minimum Gasteiger partial charge on any atom is -0.390 e. The van der Waals surface area contributed by atoms with Crippen molar-refractivity contribution in [2.75, 3.05) is 29.9 Å². The Balaban J connectivity index is 1.53. The summed E-state index contributed by atoms with van der Waals surface area (Å²) in [5.74, 6) is -0.586. The normalized spacial score (nSPS) is 15.2. The maximum Gasteiger partial charge on any atom is 0.416 e. The van der Waals surface area contributed by atoms with Crippen LogP contribution in [-0.4, -0.2) is 48.7 Å². The highest BCUT2D eigenvalue weighted by atomic mass is 19.4. The summed E-state index contributed by atoms with van der Waals surface area (Å²) in [6.45, 7) is 2.33. The van der Waals surface area contributed by atoms with Gasteiger partial charge in [0.1, 0.15) is 0 Å². The molecule has 3 aromatic rings. The highest BCUT2D eigenvalue weighted by molar-refractivity contribution is 6.00. The summed E-state index contributed by atoms with van der Waals surface area (Å²) in [6, 6.07) is 14.4. The number of benzene rings is 3.